The second kappa shape index (κ2) is 8.47. The minimum Gasteiger partial charge on any atom is -0.314 e. The maximum atomic E-state index is 3.82. The second-order valence-corrected chi connectivity index (χ2v) is 7.43. The van der Waals surface area contributed by atoms with Gasteiger partial charge in [0.25, 0.3) is 0 Å². The van der Waals surface area contributed by atoms with Crippen molar-refractivity contribution in [2.75, 3.05) is 18.1 Å². The molecule has 1 unspecified atom stereocenters. The minimum atomic E-state index is 0.821. The molecule has 0 spiro atoms. The molecule has 0 aromatic heterocycles. The lowest BCUT2D eigenvalue weighted by molar-refractivity contribution is 0.264. The van der Waals surface area contributed by atoms with E-state index in [1.54, 1.807) is 0 Å². The molecular formula is C16H31NS. The van der Waals surface area contributed by atoms with Gasteiger partial charge >= 0.3 is 0 Å². The number of thioether (sulfide) groups is 1. The largest absolute Gasteiger partial charge is 0.314 e. The van der Waals surface area contributed by atoms with Crippen LogP contribution in [0.1, 0.15) is 64.7 Å². The Hall–Kier alpha value is 0.310. The Morgan fingerprint density at radius 2 is 1.67 bits per heavy atom. The average molecular weight is 269 g/mol. The summed E-state index contributed by atoms with van der Waals surface area (Å²) in [6.45, 7) is 3.43. The van der Waals surface area contributed by atoms with Gasteiger partial charge in [-0.1, -0.05) is 32.6 Å². The lowest BCUT2D eigenvalue weighted by Gasteiger charge is -2.32. The fourth-order valence-corrected chi connectivity index (χ4v) is 4.96. The molecule has 1 saturated heterocycles. The van der Waals surface area contributed by atoms with E-state index in [0.29, 0.717) is 0 Å². The van der Waals surface area contributed by atoms with Gasteiger partial charge in [0, 0.05) is 6.04 Å². The van der Waals surface area contributed by atoms with Gasteiger partial charge in [0.2, 0.25) is 0 Å². The van der Waals surface area contributed by atoms with Crippen LogP contribution in [0.4, 0.5) is 0 Å². The van der Waals surface area contributed by atoms with Gasteiger partial charge in [0.05, 0.1) is 0 Å². The monoisotopic (exact) mass is 269 g/mol. The van der Waals surface area contributed by atoms with Crippen molar-refractivity contribution in [3.8, 4) is 0 Å². The van der Waals surface area contributed by atoms with E-state index in [-0.39, 0.29) is 0 Å². The van der Waals surface area contributed by atoms with Gasteiger partial charge in [-0.05, 0) is 62.0 Å². The molecule has 2 heteroatoms. The van der Waals surface area contributed by atoms with Crippen molar-refractivity contribution >= 4 is 11.8 Å². The van der Waals surface area contributed by atoms with Crippen LogP contribution in [-0.2, 0) is 0 Å². The Morgan fingerprint density at radius 3 is 2.28 bits per heavy atom. The summed E-state index contributed by atoms with van der Waals surface area (Å²) < 4.78 is 0. The Kier molecular flexibility index (Phi) is 6.93. The van der Waals surface area contributed by atoms with Gasteiger partial charge in [-0.2, -0.15) is 11.8 Å². The molecule has 1 saturated carbocycles. The molecule has 1 heterocycles. The Bertz CT molecular complexity index is 205. The molecule has 0 amide bonds. The molecule has 1 aliphatic carbocycles. The Labute approximate surface area is 118 Å². The number of nitrogens with one attached hydrogen (secondary N) is 1. The van der Waals surface area contributed by atoms with Crippen LogP contribution in [0.5, 0.6) is 0 Å². The summed E-state index contributed by atoms with van der Waals surface area (Å²) >= 11 is 2.16. The highest BCUT2D eigenvalue weighted by Crippen LogP contribution is 2.32. The van der Waals surface area contributed by atoms with E-state index in [0.717, 1.165) is 24.4 Å². The summed E-state index contributed by atoms with van der Waals surface area (Å²) in [6.07, 6.45) is 13.3. The molecule has 2 rings (SSSR count). The molecule has 1 aliphatic heterocycles. The van der Waals surface area contributed by atoms with Crippen LogP contribution in [0.15, 0.2) is 0 Å². The molecule has 1 atom stereocenters. The highest BCUT2D eigenvalue weighted by molar-refractivity contribution is 7.99. The van der Waals surface area contributed by atoms with E-state index < -0.39 is 0 Å². The van der Waals surface area contributed by atoms with Crippen LogP contribution in [0.2, 0.25) is 0 Å². The summed E-state index contributed by atoms with van der Waals surface area (Å²) in [6, 6.07) is 0.821. The highest BCUT2D eigenvalue weighted by Gasteiger charge is 2.25. The normalized spacial score (nSPS) is 25.8. The third-order valence-electron chi connectivity index (χ3n) is 4.86. The highest BCUT2D eigenvalue weighted by atomic mass is 32.2. The van der Waals surface area contributed by atoms with Gasteiger partial charge < -0.3 is 5.32 Å². The molecule has 0 bridgehead atoms. The molecule has 0 aromatic carbocycles. The fourth-order valence-electron chi connectivity index (χ4n) is 3.76. The minimum absolute atomic E-state index is 0.821. The van der Waals surface area contributed by atoms with Crippen molar-refractivity contribution in [1.29, 1.82) is 0 Å². The third-order valence-corrected chi connectivity index (χ3v) is 5.91. The van der Waals surface area contributed by atoms with Gasteiger partial charge in [0.15, 0.2) is 0 Å². The van der Waals surface area contributed by atoms with E-state index in [1.165, 1.54) is 69.3 Å². The lowest BCUT2D eigenvalue weighted by Crippen LogP contribution is -2.38. The van der Waals surface area contributed by atoms with Gasteiger partial charge in [0.1, 0.15) is 0 Å². The molecule has 2 fully saturated rings. The van der Waals surface area contributed by atoms with Crippen LogP contribution < -0.4 is 5.32 Å². The van der Waals surface area contributed by atoms with Crippen molar-refractivity contribution in [1.82, 2.24) is 5.32 Å². The van der Waals surface area contributed by atoms with E-state index >= 15 is 0 Å². The van der Waals surface area contributed by atoms with Crippen molar-refractivity contribution in [3.05, 3.63) is 0 Å². The second-order valence-electron chi connectivity index (χ2n) is 6.21. The van der Waals surface area contributed by atoms with Gasteiger partial charge in [-0.15, -0.1) is 0 Å². The van der Waals surface area contributed by atoms with Crippen LogP contribution in [0, 0.1) is 11.8 Å². The molecule has 0 aromatic rings. The van der Waals surface area contributed by atoms with Crippen molar-refractivity contribution in [2.24, 2.45) is 11.8 Å². The topological polar surface area (TPSA) is 12.0 Å². The van der Waals surface area contributed by atoms with Gasteiger partial charge in [-0.3, -0.25) is 0 Å². The number of rotatable bonds is 5. The first-order valence-electron chi connectivity index (χ1n) is 8.21. The summed E-state index contributed by atoms with van der Waals surface area (Å²) in [7, 11) is 0. The lowest BCUT2D eigenvalue weighted by atomic mass is 9.84. The first kappa shape index (κ1) is 14.7. The Morgan fingerprint density at radius 1 is 1.00 bits per heavy atom. The third kappa shape index (κ3) is 4.77. The number of hydrogen-bond donors (Lipinski definition) is 1. The molecule has 1 N–H and O–H groups in total. The summed E-state index contributed by atoms with van der Waals surface area (Å²) in [4.78, 5) is 0. The zero-order valence-electron chi connectivity index (χ0n) is 12.1. The zero-order valence-corrected chi connectivity index (χ0v) is 12.9. The summed E-state index contributed by atoms with van der Waals surface area (Å²) in [5, 5.41) is 3.82. The van der Waals surface area contributed by atoms with Crippen molar-refractivity contribution < 1.29 is 0 Å². The summed E-state index contributed by atoms with van der Waals surface area (Å²) in [5.74, 6) is 4.81. The fraction of sp³-hybridized carbons (Fsp3) is 1.00. The average Bonchev–Trinajstić information content (AvgIpc) is 2.68. The summed E-state index contributed by atoms with van der Waals surface area (Å²) in [5.41, 5.74) is 0. The van der Waals surface area contributed by atoms with E-state index in [2.05, 4.69) is 24.0 Å². The van der Waals surface area contributed by atoms with Crippen molar-refractivity contribution in [3.63, 3.8) is 0 Å². The smallest absolute Gasteiger partial charge is 0.00978 e. The molecule has 18 heavy (non-hydrogen) atoms. The van der Waals surface area contributed by atoms with Crippen molar-refractivity contribution in [2.45, 2.75) is 70.8 Å². The molecule has 0 radical (unpaired) electrons. The van der Waals surface area contributed by atoms with Crippen LogP contribution in [-0.4, -0.2) is 24.1 Å². The molecular weight excluding hydrogens is 238 g/mol. The zero-order chi connectivity index (χ0) is 12.6. The van der Waals surface area contributed by atoms with E-state index in [4.69, 9.17) is 0 Å². The van der Waals surface area contributed by atoms with Gasteiger partial charge in [-0.25, -0.2) is 0 Å². The predicted molar refractivity (Wildman–Crippen MR) is 83.3 cm³/mol. The first-order valence-corrected chi connectivity index (χ1v) is 9.36. The van der Waals surface area contributed by atoms with E-state index in [9.17, 15) is 0 Å². The molecule has 106 valence electrons. The van der Waals surface area contributed by atoms with Crippen LogP contribution in [0.3, 0.4) is 0 Å². The standard InChI is InChI=1S/C16H31NS/c1-2-17-16(13-14-9-11-18-12-10-14)15-7-5-3-4-6-8-15/h14-17H,2-13H2,1H3. The first-order chi connectivity index (χ1) is 8.90. The maximum absolute atomic E-state index is 3.82. The van der Waals surface area contributed by atoms with Crippen LogP contribution >= 0.6 is 11.8 Å². The van der Waals surface area contributed by atoms with E-state index in [1.807, 2.05) is 0 Å². The quantitative estimate of drug-likeness (QED) is 0.739. The maximum Gasteiger partial charge on any atom is 0.00978 e. The number of hydrogen-bond acceptors (Lipinski definition) is 2. The van der Waals surface area contributed by atoms with Crippen LogP contribution in [0.25, 0.3) is 0 Å². The molecule has 2 aliphatic rings. The predicted octanol–water partition coefficient (Wildman–Crippen LogP) is 4.47. The SMILES string of the molecule is CCNC(CC1CCSCC1)C1CCCCCC1. The molecule has 1 nitrogen and oxygen atoms in total. The Balaban J connectivity index is 1.84.